The van der Waals surface area contributed by atoms with Gasteiger partial charge >= 0.3 is 0 Å². The lowest BCUT2D eigenvalue weighted by molar-refractivity contribution is -0.130. The van der Waals surface area contributed by atoms with Crippen molar-refractivity contribution in [1.82, 2.24) is 10.3 Å². The van der Waals surface area contributed by atoms with Crippen LogP contribution in [0.15, 0.2) is 67.0 Å². The predicted octanol–water partition coefficient (Wildman–Crippen LogP) is 5.36. The van der Waals surface area contributed by atoms with Crippen molar-refractivity contribution in [1.29, 1.82) is 0 Å². The molecule has 5 nitrogen and oxygen atoms in total. The summed E-state index contributed by atoms with van der Waals surface area (Å²) in [6.45, 7) is 6.30. The largest absolute Gasteiger partial charge is 0.508 e. The summed E-state index contributed by atoms with van der Waals surface area (Å²) < 4.78 is 0. The van der Waals surface area contributed by atoms with E-state index in [1.807, 2.05) is 69.3 Å². The molecule has 0 saturated heterocycles. The first-order valence-corrected chi connectivity index (χ1v) is 11.5. The van der Waals surface area contributed by atoms with Crippen LogP contribution in [-0.2, 0) is 17.6 Å². The number of ketones is 1. The van der Waals surface area contributed by atoms with E-state index in [0.717, 1.165) is 28.7 Å². The Morgan fingerprint density at radius 2 is 1.76 bits per heavy atom. The molecule has 0 fully saturated rings. The number of phenolic OH excluding ortho intramolecular Hbond substituents is 1. The van der Waals surface area contributed by atoms with Crippen LogP contribution in [0.25, 0.3) is 11.1 Å². The van der Waals surface area contributed by atoms with Crippen molar-refractivity contribution in [2.24, 2.45) is 5.41 Å². The molecule has 0 spiro atoms. The first-order valence-electron chi connectivity index (χ1n) is 11.5. The van der Waals surface area contributed by atoms with E-state index in [9.17, 15) is 14.7 Å². The lowest BCUT2D eigenvalue weighted by atomic mass is 9.80. The zero-order valence-corrected chi connectivity index (χ0v) is 19.6. The molecule has 0 aliphatic rings. The molecule has 0 radical (unpaired) electrons. The van der Waals surface area contributed by atoms with Crippen LogP contribution in [0.5, 0.6) is 5.75 Å². The van der Waals surface area contributed by atoms with Crippen LogP contribution < -0.4 is 5.32 Å². The number of pyridine rings is 1. The Kier molecular flexibility index (Phi) is 7.99. The minimum atomic E-state index is -0.766. The van der Waals surface area contributed by atoms with Gasteiger partial charge in [0.2, 0.25) is 5.91 Å². The van der Waals surface area contributed by atoms with Crippen LogP contribution in [0.4, 0.5) is 0 Å². The summed E-state index contributed by atoms with van der Waals surface area (Å²) in [6, 6.07) is 16.8. The highest BCUT2D eigenvalue weighted by Gasteiger charge is 2.33. The highest BCUT2D eigenvalue weighted by atomic mass is 16.3. The van der Waals surface area contributed by atoms with Crippen LogP contribution in [-0.4, -0.2) is 28.3 Å². The van der Waals surface area contributed by atoms with Crippen LogP contribution in [0.3, 0.4) is 0 Å². The van der Waals surface area contributed by atoms with Crippen molar-refractivity contribution in [3.05, 3.63) is 83.7 Å². The maximum absolute atomic E-state index is 13.0. The smallest absolute Gasteiger partial charge is 0.226 e. The fraction of sp³-hybridized carbons (Fsp3) is 0.321. The molecule has 0 bridgehead atoms. The van der Waals surface area contributed by atoms with Gasteiger partial charge in [-0.2, -0.15) is 0 Å². The van der Waals surface area contributed by atoms with Gasteiger partial charge in [-0.05, 0) is 59.7 Å². The number of nitrogens with one attached hydrogen (secondary N) is 1. The molecule has 1 unspecified atom stereocenters. The average molecular weight is 445 g/mol. The number of carbonyl (C=O) groups excluding carboxylic acids is 2. The summed E-state index contributed by atoms with van der Waals surface area (Å²) >= 11 is 0. The standard InChI is InChI=1S/C28H32N2O3/c1-4-21-17-24(12-13-25(21)31)22-8-10-23(11-9-22)26(32)18-28(3,5-2)27(33)30-16-14-20-7-6-15-29-19-20/h6-13,15,17,19,31H,4-5,14,16,18H2,1-3H3,(H,30,33). The highest BCUT2D eigenvalue weighted by Crippen LogP contribution is 2.30. The number of rotatable bonds is 10. The van der Waals surface area contributed by atoms with E-state index in [2.05, 4.69) is 10.3 Å². The molecule has 1 aromatic heterocycles. The second-order valence-corrected chi connectivity index (χ2v) is 8.66. The molecular formula is C28H32N2O3. The number of aromatic hydroxyl groups is 1. The predicted molar refractivity (Wildman–Crippen MR) is 131 cm³/mol. The van der Waals surface area contributed by atoms with Gasteiger partial charge in [-0.15, -0.1) is 0 Å². The Morgan fingerprint density at radius 1 is 1.03 bits per heavy atom. The van der Waals surface area contributed by atoms with Gasteiger partial charge in [-0.1, -0.05) is 57.2 Å². The van der Waals surface area contributed by atoms with E-state index < -0.39 is 5.41 Å². The Bertz CT molecular complexity index is 1090. The lowest BCUT2D eigenvalue weighted by Gasteiger charge is -2.26. The summed E-state index contributed by atoms with van der Waals surface area (Å²) in [5.74, 6) is 0.147. The zero-order chi connectivity index (χ0) is 23.8. The van der Waals surface area contributed by atoms with E-state index in [1.54, 1.807) is 18.5 Å². The quantitative estimate of drug-likeness (QED) is 0.412. The van der Waals surface area contributed by atoms with Gasteiger partial charge in [0, 0.05) is 30.9 Å². The molecule has 1 atom stereocenters. The Balaban J connectivity index is 1.63. The van der Waals surface area contributed by atoms with Crippen molar-refractivity contribution >= 4 is 11.7 Å². The summed E-state index contributed by atoms with van der Waals surface area (Å²) in [4.78, 5) is 30.0. The monoisotopic (exact) mass is 444 g/mol. The molecule has 2 aromatic carbocycles. The van der Waals surface area contributed by atoms with Gasteiger partial charge in [0.15, 0.2) is 5.78 Å². The van der Waals surface area contributed by atoms with Crippen LogP contribution in [0.1, 0.15) is 55.1 Å². The maximum Gasteiger partial charge on any atom is 0.226 e. The maximum atomic E-state index is 13.0. The first kappa shape index (κ1) is 24.2. The number of aryl methyl sites for hydroxylation is 1. The van der Waals surface area contributed by atoms with E-state index >= 15 is 0 Å². The third-order valence-electron chi connectivity index (χ3n) is 6.30. The number of phenols is 1. The molecular weight excluding hydrogens is 412 g/mol. The minimum Gasteiger partial charge on any atom is -0.508 e. The SMILES string of the molecule is CCc1cc(-c2ccc(C(=O)CC(C)(CC)C(=O)NCCc3cccnc3)cc2)ccc1O. The highest BCUT2D eigenvalue weighted by molar-refractivity contribution is 6.00. The molecule has 5 heteroatoms. The van der Waals surface area contributed by atoms with E-state index in [4.69, 9.17) is 0 Å². The van der Waals surface area contributed by atoms with Gasteiger partial charge in [0.1, 0.15) is 5.75 Å². The molecule has 0 saturated carbocycles. The summed E-state index contributed by atoms with van der Waals surface area (Å²) in [5.41, 5.74) is 3.75. The number of hydrogen-bond donors (Lipinski definition) is 2. The average Bonchev–Trinajstić information content (AvgIpc) is 2.85. The summed E-state index contributed by atoms with van der Waals surface area (Å²) in [6.07, 6.45) is 5.69. The molecule has 1 amide bonds. The molecule has 1 heterocycles. The van der Waals surface area contributed by atoms with E-state index in [0.29, 0.717) is 30.7 Å². The normalized spacial score (nSPS) is 12.7. The molecule has 172 valence electrons. The number of nitrogens with zero attached hydrogens (tertiary/aromatic N) is 1. The third-order valence-corrected chi connectivity index (χ3v) is 6.30. The second kappa shape index (κ2) is 10.9. The number of amides is 1. The van der Waals surface area contributed by atoms with E-state index in [-0.39, 0.29) is 18.1 Å². The van der Waals surface area contributed by atoms with Crippen LogP contribution >= 0.6 is 0 Å². The van der Waals surface area contributed by atoms with Gasteiger partial charge in [-0.25, -0.2) is 0 Å². The molecule has 3 rings (SSSR count). The fourth-order valence-electron chi connectivity index (χ4n) is 3.80. The summed E-state index contributed by atoms with van der Waals surface area (Å²) in [7, 11) is 0. The summed E-state index contributed by atoms with van der Waals surface area (Å²) in [5, 5.41) is 12.9. The topological polar surface area (TPSA) is 79.3 Å². The lowest BCUT2D eigenvalue weighted by Crippen LogP contribution is -2.40. The van der Waals surface area contributed by atoms with Crippen LogP contribution in [0.2, 0.25) is 0 Å². The number of Topliss-reactive ketones (excluding diaryl/α,β-unsaturated/α-hetero) is 1. The van der Waals surface area contributed by atoms with E-state index in [1.165, 1.54) is 0 Å². The number of carbonyl (C=O) groups is 2. The van der Waals surface area contributed by atoms with Crippen LogP contribution in [0, 0.1) is 5.41 Å². The number of benzene rings is 2. The van der Waals surface area contributed by atoms with Crippen molar-refractivity contribution in [2.75, 3.05) is 6.54 Å². The number of hydrogen-bond acceptors (Lipinski definition) is 4. The molecule has 0 aliphatic carbocycles. The zero-order valence-electron chi connectivity index (χ0n) is 19.6. The van der Waals surface area contributed by atoms with Crippen molar-refractivity contribution in [3.8, 4) is 16.9 Å². The Labute approximate surface area is 195 Å². The van der Waals surface area contributed by atoms with Crippen molar-refractivity contribution in [2.45, 2.75) is 46.5 Å². The number of aromatic nitrogens is 1. The Hall–Kier alpha value is -3.47. The molecule has 33 heavy (non-hydrogen) atoms. The van der Waals surface area contributed by atoms with Gasteiger partial charge in [0.05, 0.1) is 5.41 Å². The molecule has 3 aromatic rings. The second-order valence-electron chi connectivity index (χ2n) is 8.66. The van der Waals surface area contributed by atoms with Crippen molar-refractivity contribution in [3.63, 3.8) is 0 Å². The van der Waals surface area contributed by atoms with Gasteiger partial charge in [0.25, 0.3) is 0 Å². The minimum absolute atomic E-state index is 0.0479. The molecule has 0 aliphatic heterocycles. The Morgan fingerprint density at radius 3 is 2.39 bits per heavy atom. The van der Waals surface area contributed by atoms with Gasteiger partial charge < -0.3 is 10.4 Å². The van der Waals surface area contributed by atoms with Gasteiger partial charge in [-0.3, -0.25) is 14.6 Å². The van der Waals surface area contributed by atoms with Crippen molar-refractivity contribution < 1.29 is 14.7 Å². The third kappa shape index (κ3) is 6.07. The fourth-order valence-corrected chi connectivity index (χ4v) is 3.80. The molecule has 2 N–H and O–H groups in total. The first-order chi connectivity index (χ1) is 15.9.